The fourth-order valence-corrected chi connectivity index (χ4v) is 0.739. The minimum Gasteiger partial charge on any atom is -0.383 e. The van der Waals surface area contributed by atoms with Crippen LogP contribution in [0.25, 0.3) is 0 Å². The summed E-state index contributed by atoms with van der Waals surface area (Å²) in [6.07, 6.45) is 6.06. The predicted molar refractivity (Wildman–Crippen MR) is 49.2 cm³/mol. The van der Waals surface area contributed by atoms with Crippen LogP contribution in [-0.2, 0) is 0 Å². The normalized spacial score (nSPS) is 10.3. The van der Waals surface area contributed by atoms with Crippen molar-refractivity contribution in [2.45, 2.75) is 0 Å². The zero-order valence-electron chi connectivity index (χ0n) is 7.64. The summed E-state index contributed by atoms with van der Waals surface area (Å²) in [6.45, 7) is 0. The van der Waals surface area contributed by atoms with Crippen molar-refractivity contribution in [2.24, 2.45) is 0 Å². The van der Waals surface area contributed by atoms with Crippen LogP contribution in [0.5, 0.6) is 0 Å². The van der Waals surface area contributed by atoms with Crippen molar-refractivity contribution < 1.29 is 4.79 Å². The molecule has 1 aromatic heterocycles. The maximum Gasteiger partial charge on any atom is 0.205 e. The molecule has 0 bridgehead atoms. The smallest absolute Gasteiger partial charge is 0.205 e. The van der Waals surface area contributed by atoms with E-state index in [9.17, 15) is 4.79 Å². The Morgan fingerprint density at radius 3 is 2.85 bits per heavy atom. The highest BCUT2D eigenvalue weighted by molar-refractivity contribution is 6.02. The van der Waals surface area contributed by atoms with Crippen molar-refractivity contribution >= 4 is 5.78 Å². The summed E-state index contributed by atoms with van der Waals surface area (Å²) in [7, 11) is 3.70. The minimum atomic E-state index is -0.115. The molecule has 0 aliphatic heterocycles. The molecule has 0 unspecified atom stereocenters. The summed E-state index contributed by atoms with van der Waals surface area (Å²) in [4.78, 5) is 20.7. The van der Waals surface area contributed by atoms with Crippen LogP contribution in [0.15, 0.2) is 30.9 Å². The van der Waals surface area contributed by atoms with E-state index in [4.69, 9.17) is 0 Å². The summed E-state index contributed by atoms with van der Waals surface area (Å²) in [6, 6.07) is 1.59. The van der Waals surface area contributed by atoms with Gasteiger partial charge in [-0.1, -0.05) is 0 Å². The number of nitrogens with zero attached hydrogens (tertiary/aromatic N) is 3. The maximum atomic E-state index is 11.3. The third-order valence-corrected chi connectivity index (χ3v) is 1.36. The van der Waals surface area contributed by atoms with E-state index in [0.717, 1.165) is 0 Å². The first-order valence-electron chi connectivity index (χ1n) is 3.85. The molecule has 0 saturated heterocycles. The Hall–Kier alpha value is -1.71. The van der Waals surface area contributed by atoms with Crippen molar-refractivity contribution in [3.8, 4) is 0 Å². The summed E-state index contributed by atoms with van der Waals surface area (Å²) in [5.74, 6) is -0.115. The third-order valence-electron chi connectivity index (χ3n) is 1.36. The van der Waals surface area contributed by atoms with Gasteiger partial charge in [0.05, 0.1) is 0 Å². The van der Waals surface area contributed by atoms with Crippen LogP contribution in [0.4, 0.5) is 0 Å². The van der Waals surface area contributed by atoms with E-state index in [2.05, 4.69) is 9.97 Å². The Balaban J connectivity index is 2.70. The van der Waals surface area contributed by atoms with E-state index in [-0.39, 0.29) is 5.78 Å². The molecule has 4 heteroatoms. The first-order valence-corrected chi connectivity index (χ1v) is 3.85. The molecule has 0 amide bonds. The number of allylic oxidation sites excluding steroid dienone is 1. The number of rotatable bonds is 3. The van der Waals surface area contributed by atoms with Crippen LogP contribution < -0.4 is 0 Å². The van der Waals surface area contributed by atoms with Gasteiger partial charge in [-0.05, 0) is 6.07 Å². The number of aromatic nitrogens is 2. The van der Waals surface area contributed by atoms with E-state index in [0.29, 0.717) is 5.69 Å². The lowest BCUT2D eigenvalue weighted by molar-refractivity contribution is 0.104. The summed E-state index contributed by atoms with van der Waals surface area (Å²) < 4.78 is 0. The molecular weight excluding hydrogens is 166 g/mol. The van der Waals surface area contributed by atoms with Crippen molar-refractivity contribution in [1.29, 1.82) is 0 Å². The second kappa shape index (κ2) is 4.35. The van der Waals surface area contributed by atoms with Gasteiger partial charge in [0, 0.05) is 32.6 Å². The van der Waals surface area contributed by atoms with Crippen LogP contribution in [0, 0.1) is 0 Å². The largest absolute Gasteiger partial charge is 0.383 e. The highest BCUT2D eigenvalue weighted by atomic mass is 16.1. The molecule has 0 N–H and O–H groups in total. The molecule has 13 heavy (non-hydrogen) atoms. The molecule has 0 fully saturated rings. The van der Waals surface area contributed by atoms with E-state index in [1.54, 1.807) is 23.4 Å². The Morgan fingerprint density at radius 1 is 1.54 bits per heavy atom. The van der Waals surface area contributed by atoms with Gasteiger partial charge < -0.3 is 4.90 Å². The first-order chi connectivity index (χ1) is 6.20. The summed E-state index contributed by atoms with van der Waals surface area (Å²) in [5.41, 5.74) is 0.410. The Labute approximate surface area is 76.9 Å². The lowest BCUT2D eigenvalue weighted by Crippen LogP contribution is -2.04. The molecule has 1 heterocycles. The molecule has 1 aromatic rings. The molecule has 0 radical (unpaired) electrons. The monoisotopic (exact) mass is 177 g/mol. The molecule has 0 saturated carbocycles. The predicted octanol–water partition coefficient (Wildman–Crippen LogP) is 0.735. The van der Waals surface area contributed by atoms with Crippen LogP contribution in [-0.4, -0.2) is 34.7 Å². The van der Waals surface area contributed by atoms with Crippen molar-refractivity contribution in [2.75, 3.05) is 14.1 Å². The molecule has 68 valence electrons. The standard InChI is InChI=1S/C9H11N3O/c1-12(2)6-4-9(13)8-3-5-10-7-11-8/h3-7H,1-2H3/b6-4+. The maximum absolute atomic E-state index is 11.3. The molecule has 0 atom stereocenters. The average Bonchev–Trinajstić information content (AvgIpc) is 2.15. The first kappa shape index (κ1) is 9.38. The topological polar surface area (TPSA) is 46.1 Å². The van der Waals surface area contributed by atoms with Gasteiger partial charge >= 0.3 is 0 Å². The Kier molecular flexibility index (Phi) is 3.14. The highest BCUT2D eigenvalue weighted by Gasteiger charge is 2.00. The van der Waals surface area contributed by atoms with Crippen molar-refractivity contribution in [3.05, 3.63) is 36.6 Å². The second-order valence-electron chi connectivity index (χ2n) is 2.74. The quantitative estimate of drug-likeness (QED) is 0.504. The average molecular weight is 177 g/mol. The number of hydrogen-bond acceptors (Lipinski definition) is 4. The van der Waals surface area contributed by atoms with Crippen molar-refractivity contribution in [1.82, 2.24) is 14.9 Å². The zero-order chi connectivity index (χ0) is 9.68. The van der Waals surface area contributed by atoms with Crippen LogP contribution in [0.2, 0.25) is 0 Å². The van der Waals surface area contributed by atoms with E-state index in [1.807, 2.05) is 14.1 Å². The number of hydrogen-bond donors (Lipinski definition) is 0. The van der Waals surface area contributed by atoms with Crippen LogP contribution in [0.3, 0.4) is 0 Å². The SMILES string of the molecule is CN(C)/C=C/C(=O)c1ccncn1. The van der Waals surface area contributed by atoms with E-state index in [1.165, 1.54) is 12.4 Å². The van der Waals surface area contributed by atoms with Gasteiger partial charge in [0.2, 0.25) is 5.78 Å². The Bertz CT molecular complexity index is 306. The van der Waals surface area contributed by atoms with E-state index < -0.39 is 0 Å². The van der Waals surface area contributed by atoms with Gasteiger partial charge in [-0.2, -0.15) is 0 Å². The number of ketones is 1. The molecule has 0 aromatic carbocycles. The van der Waals surface area contributed by atoms with Gasteiger partial charge in [0.25, 0.3) is 0 Å². The molecular formula is C9H11N3O. The van der Waals surface area contributed by atoms with Crippen LogP contribution in [0.1, 0.15) is 10.5 Å². The van der Waals surface area contributed by atoms with Gasteiger partial charge in [-0.25, -0.2) is 9.97 Å². The third kappa shape index (κ3) is 3.02. The van der Waals surface area contributed by atoms with E-state index >= 15 is 0 Å². The zero-order valence-corrected chi connectivity index (χ0v) is 7.64. The molecule has 1 rings (SSSR count). The van der Waals surface area contributed by atoms with Gasteiger partial charge in [-0.15, -0.1) is 0 Å². The molecule has 0 aliphatic carbocycles. The van der Waals surface area contributed by atoms with Crippen LogP contribution >= 0.6 is 0 Å². The number of carbonyl (C=O) groups excluding carboxylic acids is 1. The fourth-order valence-electron chi connectivity index (χ4n) is 0.739. The van der Waals surface area contributed by atoms with Gasteiger partial charge in [0.15, 0.2) is 0 Å². The second-order valence-corrected chi connectivity index (χ2v) is 2.74. The van der Waals surface area contributed by atoms with Gasteiger partial charge in [-0.3, -0.25) is 4.79 Å². The molecule has 4 nitrogen and oxygen atoms in total. The number of carbonyl (C=O) groups is 1. The fraction of sp³-hybridized carbons (Fsp3) is 0.222. The van der Waals surface area contributed by atoms with Gasteiger partial charge in [0.1, 0.15) is 12.0 Å². The highest BCUT2D eigenvalue weighted by Crippen LogP contribution is 1.94. The summed E-state index contributed by atoms with van der Waals surface area (Å²) in [5, 5.41) is 0. The molecule has 0 aliphatic rings. The lowest BCUT2D eigenvalue weighted by Gasteiger charge is -2.01. The summed E-state index contributed by atoms with van der Waals surface area (Å²) >= 11 is 0. The van der Waals surface area contributed by atoms with Crippen molar-refractivity contribution in [3.63, 3.8) is 0 Å². The lowest BCUT2D eigenvalue weighted by atomic mass is 10.3. The minimum absolute atomic E-state index is 0.115. The Morgan fingerprint density at radius 2 is 2.31 bits per heavy atom. The molecule has 0 spiro atoms.